The van der Waals surface area contributed by atoms with Gasteiger partial charge in [0.2, 0.25) is 5.91 Å². The zero-order valence-corrected chi connectivity index (χ0v) is 13.4. The topological polar surface area (TPSA) is 99.2 Å². The van der Waals surface area contributed by atoms with Crippen LogP contribution in [0.25, 0.3) is 0 Å². The van der Waals surface area contributed by atoms with Gasteiger partial charge in [-0.3, -0.25) is 4.79 Å². The molecule has 1 unspecified atom stereocenters. The molecule has 2 fully saturated rings. The van der Waals surface area contributed by atoms with Crippen molar-refractivity contribution in [3.8, 4) is 0 Å². The highest BCUT2D eigenvalue weighted by Crippen LogP contribution is 2.69. The van der Waals surface area contributed by atoms with Crippen molar-refractivity contribution in [2.24, 2.45) is 16.7 Å². The van der Waals surface area contributed by atoms with Crippen LogP contribution in [0.1, 0.15) is 62.8 Å². The van der Waals surface area contributed by atoms with Gasteiger partial charge >= 0.3 is 5.97 Å². The standard InChI is InChI=1S/C15H22N4O3/c1-14(2)11(15(14,3)4)12(20)19-7-5-6-8(19)9-10(13(21)22)17-18-16-9/h8,11H,5-7H2,1-4H3,(H,21,22)(H,16,17,18). The first-order chi connectivity index (χ1) is 10.2. The Morgan fingerprint density at radius 1 is 1.23 bits per heavy atom. The number of hydrogen-bond donors (Lipinski definition) is 2. The Hall–Kier alpha value is -1.92. The first-order valence-electron chi connectivity index (χ1n) is 7.64. The Bertz CT molecular complexity index is 620. The molecule has 1 amide bonds. The summed E-state index contributed by atoms with van der Waals surface area (Å²) in [6.45, 7) is 9.09. The highest BCUT2D eigenvalue weighted by atomic mass is 16.4. The number of likely N-dealkylation sites (tertiary alicyclic amines) is 1. The zero-order chi connectivity index (χ0) is 16.3. The fraction of sp³-hybridized carbons (Fsp3) is 0.733. The van der Waals surface area contributed by atoms with Gasteiger partial charge in [-0.15, -0.1) is 5.10 Å². The molecular formula is C15H22N4O3. The van der Waals surface area contributed by atoms with Gasteiger partial charge in [0.25, 0.3) is 0 Å². The fourth-order valence-corrected chi connectivity index (χ4v) is 3.92. The molecular weight excluding hydrogens is 284 g/mol. The van der Waals surface area contributed by atoms with Gasteiger partial charge in [-0.05, 0) is 23.7 Å². The number of amides is 1. The molecule has 2 heterocycles. The van der Waals surface area contributed by atoms with Crippen LogP contribution in [0.3, 0.4) is 0 Å². The van der Waals surface area contributed by atoms with Gasteiger partial charge in [0.15, 0.2) is 5.69 Å². The minimum absolute atomic E-state index is 0.0271. The van der Waals surface area contributed by atoms with Crippen molar-refractivity contribution >= 4 is 11.9 Å². The monoisotopic (exact) mass is 306 g/mol. The van der Waals surface area contributed by atoms with Crippen LogP contribution in [0.4, 0.5) is 0 Å². The number of nitrogens with one attached hydrogen (secondary N) is 1. The number of H-pyrrole nitrogens is 1. The number of carbonyl (C=O) groups is 2. The summed E-state index contributed by atoms with van der Waals surface area (Å²) in [5, 5.41) is 19.3. The smallest absolute Gasteiger partial charge is 0.358 e. The van der Waals surface area contributed by atoms with E-state index >= 15 is 0 Å². The van der Waals surface area contributed by atoms with Gasteiger partial charge in [-0.1, -0.05) is 27.7 Å². The molecule has 1 aliphatic carbocycles. The molecule has 1 aromatic heterocycles. The van der Waals surface area contributed by atoms with Crippen molar-refractivity contribution in [1.29, 1.82) is 0 Å². The van der Waals surface area contributed by atoms with Gasteiger partial charge in [0.05, 0.1) is 6.04 Å². The van der Waals surface area contributed by atoms with Crippen molar-refractivity contribution in [2.75, 3.05) is 6.54 Å². The lowest BCUT2D eigenvalue weighted by atomic mass is 10.0. The maximum atomic E-state index is 12.9. The SMILES string of the molecule is CC1(C)C(C(=O)N2CCCC2c2n[nH]nc2C(=O)O)C1(C)C. The Labute approximate surface area is 129 Å². The average Bonchev–Trinajstić information content (AvgIpc) is 2.94. The third-order valence-electron chi connectivity index (χ3n) is 5.90. The number of nitrogens with zero attached hydrogens (tertiary/aromatic N) is 3. The van der Waals surface area contributed by atoms with Gasteiger partial charge in [0.1, 0.15) is 5.69 Å². The van der Waals surface area contributed by atoms with E-state index in [-0.39, 0.29) is 34.4 Å². The summed E-state index contributed by atoms with van der Waals surface area (Å²) in [7, 11) is 0. The van der Waals surface area contributed by atoms with Gasteiger partial charge < -0.3 is 10.0 Å². The maximum absolute atomic E-state index is 12.9. The summed E-state index contributed by atoms with van der Waals surface area (Å²) in [4.78, 5) is 26.0. The van der Waals surface area contributed by atoms with E-state index in [0.717, 1.165) is 12.8 Å². The summed E-state index contributed by atoms with van der Waals surface area (Å²) in [6.07, 6.45) is 1.59. The van der Waals surface area contributed by atoms with E-state index in [1.807, 2.05) is 0 Å². The van der Waals surface area contributed by atoms with Crippen LogP contribution < -0.4 is 0 Å². The molecule has 7 heteroatoms. The number of aromatic amines is 1. The molecule has 1 aliphatic heterocycles. The molecule has 1 atom stereocenters. The predicted octanol–water partition coefficient (Wildman–Crippen LogP) is 1.85. The molecule has 1 saturated carbocycles. The number of hydrogen-bond acceptors (Lipinski definition) is 4. The number of aromatic carboxylic acids is 1. The summed E-state index contributed by atoms with van der Waals surface area (Å²) in [5.41, 5.74) is 0.224. The first kappa shape index (κ1) is 15.0. The van der Waals surface area contributed by atoms with Crippen LogP contribution in [-0.4, -0.2) is 43.8 Å². The number of carboxylic acids is 1. The molecule has 120 valence electrons. The van der Waals surface area contributed by atoms with Crippen LogP contribution >= 0.6 is 0 Å². The minimum Gasteiger partial charge on any atom is -0.476 e. The van der Waals surface area contributed by atoms with Gasteiger partial charge in [-0.25, -0.2) is 4.79 Å². The normalized spacial score (nSPS) is 26.2. The lowest BCUT2D eigenvalue weighted by Gasteiger charge is -2.24. The molecule has 1 saturated heterocycles. The first-order valence-corrected chi connectivity index (χ1v) is 7.64. The molecule has 22 heavy (non-hydrogen) atoms. The van der Waals surface area contributed by atoms with Crippen molar-refractivity contribution < 1.29 is 14.7 Å². The van der Waals surface area contributed by atoms with E-state index < -0.39 is 5.97 Å². The second-order valence-electron chi connectivity index (χ2n) is 7.43. The largest absolute Gasteiger partial charge is 0.476 e. The second kappa shape index (κ2) is 4.54. The third kappa shape index (κ3) is 1.87. The van der Waals surface area contributed by atoms with Crippen LogP contribution in [0.15, 0.2) is 0 Å². The van der Waals surface area contributed by atoms with Crippen molar-refractivity contribution in [1.82, 2.24) is 20.3 Å². The van der Waals surface area contributed by atoms with Crippen LogP contribution in [0.5, 0.6) is 0 Å². The van der Waals surface area contributed by atoms with E-state index in [2.05, 4.69) is 43.1 Å². The van der Waals surface area contributed by atoms with Crippen molar-refractivity contribution in [3.05, 3.63) is 11.4 Å². The third-order valence-corrected chi connectivity index (χ3v) is 5.90. The zero-order valence-electron chi connectivity index (χ0n) is 13.4. The Balaban J connectivity index is 1.87. The van der Waals surface area contributed by atoms with Crippen LogP contribution in [0.2, 0.25) is 0 Å². The van der Waals surface area contributed by atoms with Crippen LogP contribution in [-0.2, 0) is 4.79 Å². The van der Waals surface area contributed by atoms with E-state index in [9.17, 15) is 14.7 Å². The quantitative estimate of drug-likeness (QED) is 0.887. The molecule has 7 nitrogen and oxygen atoms in total. The highest BCUT2D eigenvalue weighted by Gasteiger charge is 2.69. The Morgan fingerprint density at radius 3 is 2.41 bits per heavy atom. The summed E-state index contributed by atoms with van der Waals surface area (Å²) >= 11 is 0. The number of rotatable bonds is 3. The highest BCUT2D eigenvalue weighted by molar-refractivity contribution is 5.88. The van der Waals surface area contributed by atoms with E-state index in [4.69, 9.17) is 0 Å². The molecule has 0 aromatic carbocycles. The van der Waals surface area contributed by atoms with E-state index in [1.165, 1.54) is 0 Å². The fourth-order valence-electron chi connectivity index (χ4n) is 3.92. The molecule has 1 aromatic rings. The lowest BCUT2D eigenvalue weighted by molar-refractivity contribution is -0.134. The molecule has 2 N–H and O–H groups in total. The average molecular weight is 306 g/mol. The number of carbonyl (C=O) groups excluding carboxylic acids is 1. The molecule has 2 aliphatic rings. The van der Waals surface area contributed by atoms with E-state index in [1.54, 1.807) is 4.90 Å². The maximum Gasteiger partial charge on any atom is 0.358 e. The summed E-state index contributed by atoms with van der Waals surface area (Å²) in [5.74, 6) is -1.03. The van der Waals surface area contributed by atoms with Crippen molar-refractivity contribution in [3.63, 3.8) is 0 Å². The Kier molecular flexibility index (Phi) is 3.09. The molecule has 0 bridgehead atoms. The predicted molar refractivity (Wildman–Crippen MR) is 78.1 cm³/mol. The Morgan fingerprint density at radius 2 is 1.86 bits per heavy atom. The summed E-state index contributed by atoms with van der Waals surface area (Å²) in [6, 6.07) is -0.287. The van der Waals surface area contributed by atoms with Crippen molar-refractivity contribution in [2.45, 2.75) is 46.6 Å². The van der Waals surface area contributed by atoms with Gasteiger partial charge in [-0.2, -0.15) is 10.3 Å². The summed E-state index contributed by atoms with van der Waals surface area (Å²) < 4.78 is 0. The number of carboxylic acid groups (broad SMARTS) is 1. The number of aromatic nitrogens is 3. The second-order valence-corrected chi connectivity index (χ2v) is 7.43. The van der Waals surface area contributed by atoms with Crippen LogP contribution in [0, 0.1) is 16.7 Å². The minimum atomic E-state index is -1.12. The van der Waals surface area contributed by atoms with Gasteiger partial charge in [0, 0.05) is 12.5 Å². The van der Waals surface area contributed by atoms with E-state index in [0.29, 0.717) is 12.2 Å². The molecule has 0 spiro atoms. The lowest BCUT2D eigenvalue weighted by Crippen LogP contribution is -2.34. The molecule has 3 rings (SSSR count). The molecule has 0 radical (unpaired) electrons.